The van der Waals surface area contributed by atoms with E-state index in [1.165, 1.54) is 40.9 Å². The molecular formula is C29H28FN3O5S. The quantitative estimate of drug-likeness (QED) is 0.384. The van der Waals surface area contributed by atoms with Crippen molar-refractivity contribution in [2.45, 2.75) is 31.4 Å². The summed E-state index contributed by atoms with van der Waals surface area (Å²) in [6.45, 7) is 3.23. The van der Waals surface area contributed by atoms with Gasteiger partial charge in [0.1, 0.15) is 16.8 Å². The van der Waals surface area contributed by atoms with Crippen molar-refractivity contribution in [3.05, 3.63) is 78.1 Å². The molecule has 0 spiro atoms. The molecule has 2 amide bonds. The van der Waals surface area contributed by atoms with Gasteiger partial charge in [-0.05, 0) is 79.1 Å². The molecule has 0 bridgehead atoms. The molecular weight excluding hydrogens is 521 g/mol. The van der Waals surface area contributed by atoms with E-state index in [-0.39, 0.29) is 25.0 Å². The molecule has 10 heteroatoms. The highest BCUT2D eigenvalue weighted by molar-refractivity contribution is 8.15. The van der Waals surface area contributed by atoms with E-state index in [1.807, 2.05) is 25.1 Å². The fourth-order valence-corrected chi connectivity index (χ4v) is 5.26. The molecule has 2 aliphatic heterocycles. The second-order valence-electron chi connectivity index (χ2n) is 8.98. The first-order valence-corrected chi connectivity index (χ1v) is 13.6. The smallest absolute Gasteiger partial charge is 0.238 e. The van der Waals surface area contributed by atoms with E-state index in [1.54, 1.807) is 24.3 Å². The van der Waals surface area contributed by atoms with Gasteiger partial charge in [0, 0.05) is 18.7 Å². The highest BCUT2D eigenvalue weighted by Gasteiger charge is 2.36. The lowest BCUT2D eigenvalue weighted by Crippen LogP contribution is -2.45. The Balaban J connectivity index is 1.31. The third kappa shape index (κ3) is 6.51. The van der Waals surface area contributed by atoms with Gasteiger partial charge in [-0.1, -0.05) is 24.8 Å². The minimum Gasteiger partial charge on any atom is -0.494 e. The number of carbonyl (C=O) groups is 2. The molecule has 39 heavy (non-hydrogen) atoms. The second-order valence-corrected chi connectivity index (χ2v) is 10.2. The fraction of sp³-hybridized carbons (Fsp3) is 0.276. The van der Waals surface area contributed by atoms with Gasteiger partial charge in [0.05, 0.1) is 12.3 Å². The molecule has 3 aromatic rings. The van der Waals surface area contributed by atoms with E-state index in [4.69, 9.17) is 19.2 Å². The van der Waals surface area contributed by atoms with Crippen molar-refractivity contribution in [3.8, 4) is 17.2 Å². The number of amides is 2. The average molecular weight is 550 g/mol. The molecule has 0 aliphatic carbocycles. The number of halogens is 1. The first-order chi connectivity index (χ1) is 19.0. The molecule has 0 saturated carbocycles. The van der Waals surface area contributed by atoms with Gasteiger partial charge >= 0.3 is 0 Å². The SMILES string of the molecule is CCCOc1ccc(NC(=O)C2CC(=O)N(c3ccc(F)cc3)C(=NCCc3ccc4c(c3)OCO4)S2)cc1. The molecule has 3 aromatic carbocycles. The Kier molecular flexibility index (Phi) is 8.31. The molecule has 1 atom stereocenters. The number of thioether (sulfide) groups is 1. The van der Waals surface area contributed by atoms with Crippen molar-refractivity contribution in [1.82, 2.24) is 0 Å². The van der Waals surface area contributed by atoms with Gasteiger partial charge in [-0.3, -0.25) is 19.5 Å². The van der Waals surface area contributed by atoms with E-state index >= 15 is 0 Å². The van der Waals surface area contributed by atoms with Crippen LogP contribution in [0.4, 0.5) is 15.8 Å². The zero-order chi connectivity index (χ0) is 27.2. The minimum atomic E-state index is -0.672. The summed E-state index contributed by atoms with van der Waals surface area (Å²) in [7, 11) is 0. The monoisotopic (exact) mass is 549 g/mol. The Hall–Kier alpha value is -4.05. The van der Waals surface area contributed by atoms with Gasteiger partial charge in [0.2, 0.25) is 18.6 Å². The molecule has 2 heterocycles. The van der Waals surface area contributed by atoms with E-state index in [9.17, 15) is 14.0 Å². The van der Waals surface area contributed by atoms with Crippen molar-refractivity contribution in [2.75, 3.05) is 30.2 Å². The van der Waals surface area contributed by atoms with Crippen molar-refractivity contribution < 1.29 is 28.2 Å². The van der Waals surface area contributed by atoms with Crippen LogP contribution in [0.1, 0.15) is 25.3 Å². The summed E-state index contributed by atoms with van der Waals surface area (Å²) in [4.78, 5) is 32.6. The maximum absolute atomic E-state index is 13.6. The Morgan fingerprint density at radius 3 is 2.64 bits per heavy atom. The van der Waals surface area contributed by atoms with Crippen LogP contribution in [-0.4, -0.2) is 42.2 Å². The third-order valence-electron chi connectivity index (χ3n) is 6.10. The summed E-state index contributed by atoms with van der Waals surface area (Å²) in [6.07, 6.45) is 1.48. The lowest BCUT2D eigenvalue weighted by atomic mass is 10.1. The van der Waals surface area contributed by atoms with Crippen LogP contribution in [0.3, 0.4) is 0 Å². The summed E-state index contributed by atoms with van der Waals surface area (Å²) >= 11 is 1.22. The molecule has 5 rings (SSSR count). The molecule has 8 nitrogen and oxygen atoms in total. The van der Waals surface area contributed by atoms with Crippen molar-refractivity contribution in [2.24, 2.45) is 4.99 Å². The standard InChI is InChI=1S/C29H28FN3O5S/c1-2-15-36-23-10-6-21(7-11-23)32-28(35)26-17-27(34)33(22-8-4-20(30)5-9-22)29(39-26)31-14-13-19-3-12-24-25(16-19)38-18-37-24/h3-12,16,26H,2,13-15,17-18H2,1H3,(H,32,35). The van der Waals surface area contributed by atoms with Crippen molar-refractivity contribution >= 4 is 40.1 Å². The maximum atomic E-state index is 13.6. The van der Waals surface area contributed by atoms with E-state index in [0.29, 0.717) is 47.6 Å². The topological polar surface area (TPSA) is 89.5 Å². The third-order valence-corrected chi connectivity index (χ3v) is 7.29. The van der Waals surface area contributed by atoms with Crippen LogP contribution in [-0.2, 0) is 16.0 Å². The van der Waals surface area contributed by atoms with Crippen LogP contribution >= 0.6 is 11.8 Å². The first kappa shape index (κ1) is 26.6. The predicted molar refractivity (Wildman–Crippen MR) is 149 cm³/mol. The number of fused-ring (bicyclic) bond motifs is 1. The van der Waals surface area contributed by atoms with Crippen LogP contribution in [0.15, 0.2) is 71.7 Å². The van der Waals surface area contributed by atoms with Gasteiger partial charge in [0.15, 0.2) is 16.7 Å². The largest absolute Gasteiger partial charge is 0.494 e. The Morgan fingerprint density at radius 1 is 1.10 bits per heavy atom. The Morgan fingerprint density at radius 2 is 1.87 bits per heavy atom. The summed E-state index contributed by atoms with van der Waals surface area (Å²) < 4.78 is 30.0. The number of nitrogens with zero attached hydrogens (tertiary/aromatic N) is 2. The second kappa shape index (κ2) is 12.2. The van der Waals surface area contributed by atoms with Gasteiger partial charge in [-0.15, -0.1) is 0 Å². The number of ether oxygens (including phenoxy) is 3. The molecule has 1 fully saturated rings. The molecule has 1 saturated heterocycles. The van der Waals surface area contributed by atoms with E-state index in [2.05, 4.69) is 5.32 Å². The summed E-state index contributed by atoms with van der Waals surface area (Å²) in [5, 5.41) is 2.61. The summed E-state index contributed by atoms with van der Waals surface area (Å²) in [5.41, 5.74) is 2.11. The summed E-state index contributed by atoms with van der Waals surface area (Å²) in [5.74, 6) is 1.14. The molecule has 2 aliphatic rings. The number of anilines is 2. The lowest BCUT2D eigenvalue weighted by molar-refractivity contribution is -0.121. The van der Waals surface area contributed by atoms with Gasteiger partial charge in [-0.2, -0.15) is 0 Å². The number of rotatable bonds is 9. The predicted octanol–water partition coefficient (Wildman–Crippen LogP) is 5.42. The van der Waals surface area contributed by atoms with Gasteiger partial charge in [0.25, 0.3) is 0 Å². The van der Waals surface area contributed by atoms with Crippen LogP contribution < -0.4 is 24.4 Å². The van der Waals surface area contributed by atoms with Gasteiger partial charge in [-0.25, -0.2) is 4.39 Å². The maximum Gasteiger partial charge on any atom is 0.238 e. The zero-order valence-corrected chi connectivity index (χ0v) is 22.2. The fourth-order valence-electron chi connectivity index (χ4n) is 4.13. The number of hydrogen-bond acceptors (Lipinski definition) is 7. The number of aliphatic imine (C=N–C) groups is 1. The molecule has 0 radical (unpaired) electrons. The normalized spacial score (nSPS) is 17.4. The first-order valence-electron chi connectivity index (χ1n) is 12.7. The Bertz CT molecular complexity index is 1360. The highest BCUT2D eigenvalue weighted by atomic mass is 32.2. The van der Waals surface area contributed by atoms with Crippen LogP contribution in [0.25, 0.3) is 0 Å². The number of carbonyl (C=O) groups excluding carboxylic acids is 2. The molecule has 1 N–H and O–H groups in total. The van der Waals surface area contributed by atoms with Crippen LogP contribution in [0.2, 0.25) is 0 Å². The molecule has 202 valence electrons. The average Bonchev–Trinajstić information content (AvgIpc) is 3.41. The van der Waals surface area contributed by atoms with E-state index < -0.39 is 11.1 Å². The number of amidine groups is 1. The summed E-state index contributed by atoms with van der Waals surface area (Å²) in [6, 6.07) is 18.5. The number of nitrogens with one attached hydrogen (secondary N) is 1. The van der Waals surface area contributed by atoms with Crippen molar-refractivity contribution in [1.29, 1.82) is 0 Å². The minimum absolute atomic E-state index is 0.0211. The zero-order valence-electron chi connectivity index (χ0n) is 21.4. The highest BCUT2D eigenvalue weighted by Crippen LogP contribution is 2.34. The number of hydrogen-bond donors (Lipinski definition) is 1. The lowest BCUT2D eigenvalue weighted by Gasteiger charge is -2.32. The van der Waals surface area contributed by atoms with Crippen LogP contribution in [0, 0.1) is 5.82 Å². The van der Waals surface area contributed by atoms with Crippen LogP contribution in [0.5, 0.6) is 17.2 Å². The Labute approximate surface area is 230 Å². The molecule has 0 aromatic heterocycles. The van der Waals surface area contributed by atoms with Gasteiger partial charge < -0.3 is 19.5 Å². The van der Waals surface area contributed by atoms with Crippen molar-refractivity contribution in [3.63, 3.8) is 0 Å². The number of benzene rings is 3. The molecule has 1 unspecified atom stereocenters. The van der Waals surface area contributed by atoms with E-state index in [0.717, 1.165) is 17.7 Å².